The van der Waals surface area contributed by atoms with Gasteiger partial charge in [0.1, 0.15) is 0 Å². The van der Waals surface area contributed by atoms with E-state index in [1.165, 1.54) is 0 Å². The summed E-state index contributed by atoms with van der Waals surface area (Å²) in [5.74, 6) is 0. The fraction of sp³-hybridized carbons (Fsp3) is 1.00. The van der Waals surface area contributed by atoms with Crippen molar-refractivity contribution in [2.45, 2.75) is 0 Å². The van der Waals surface area contributed by atoms with Crippen molar-refractivity contribution in [1.82, 2.24) is 0 Å². The Balaban J connectivity index is 0. The van der Waals surface area contributed by atoms with Gasteiger partial charge in [0, 0.05) is 23.3 Å². The fourth-order valence-electron chi connectivity index (χ4n) is 0. The van der Waals surface area contributed by atoms with Gasteiger partial charge in [-0.2, -0.15) is 0 Å². The first-order valence-electron chi connectivity index (χ1n) is 1.39. The standard InChI is InChI=1S/C2H6OS.2O.Ti/c1-4(2)3;;;/h1-2H3;;;. The van der Waals surface area contributed by atoms with E-state index in [0.29, 0.717) is 0 Å². The summed E-state index contributed by atoms with van der Waals surface area (Å²) in [4.78, 5) is 0. The van der Waals surface area contributed by atoms with Crippen LogP contribution in [0.15, 0.2) is 0 Å². The quantitative estimate of drug-likeness (QED) is 0.457. The molecule has 7 heavy (non-hydrogen) atoms. The Bertz CT molecular complexity index is 80.9. The molecule has 0 aromatic rings. The van der Waals surface area contributed by atoms with Crippen LogP contribution in [0.5, 0.6) is 0 Å². The second kappa shape index (κ2) is 9.68. The molecular weight excluding hydrogens is 152 g/mol. The Labute approximate surface area is 53.5 Å². The van der Waals surface area contributed by atoms with Crippen LogP contribution < -0.4 is 0 Å². The summed E-state index contributed by atoms with van der Waals surface area (Å²) in [6, 6.07) is 0. The number of hydrogen-bond acceptors (Lipinski definition) is 3. The molecule has 0 saturated heterocycles. The Hall–Kier alpha value is 0.464. The van der Waals surface area contributed by atoms with Gasteiger partial charge in [0.15, 0.2) is 0 Å². The van der Waals surface area contributed by atoms with Crippen LogP contribution in [-0.2, 0) is 36.5 Å². The summed E-state index contributed by atoms with van der Waals surface area (Å²) in [5.41, 5.74) is 0. The van der Waals surface area contributed by atoms with E-state index in [4.69, 9.17) is 6.65 Å². The summed E-state index contributed by atoms with van der Waals surface area (Å²) in [7, 11) is -0.611. The monoisotopic (exact) mass is 158 g/mol. The minimum absolute atomic E-state index is 0.611. The van der Waals surface area contributed by atoms with Gasteiger partial charge in [-0.15, -0.1) is 0 Å². The summed E-state index contributed by atoms with van der Waals surface area (Å²) in [5, 5.41) is 0. The first-order valence-corrected chi connectivity index (χ1v) is 4.63. The molecule has 0 N–H and O–H groups in total. The van der Waals surface area contributed by atoms with Crippen molar-refractivity contribution in [3.63, 3.8) is 0 Å². The van der Waals surface area contributed by atoms with Crippen LogP contribution in [-0.4, -0.2) is 16.7 Å². The van der Waals surface area contributed by atoms with Crippen LogP contribution in [0.25, 0.3) is 0 Å². The van der Waals surface area contributed by atoms with Gasteiger partial charge in [-0.1, -0.05) is 0 Å². The van der Waals surface area contributed by atoms with Crippen LogP contribution >= 0.6 is 0 Å². The van der Waals surface area contributed by atoms with Gasteiger partial charge in [0.25, 0.3) is 0 Å². The van der Waals surface area contributed by atoms with E-state index in [1.54, 1.807) is 12.5 Å². The van der Waals surface area contributed by atoms with E-state index >= 15 is 0 Å². The molecular formula is C2H6O3STi. The van der Waals surface area contributed by atoms with E-state index in [0.717, 1.165) is 0 Å². The molecule has 0 atom stereocenters. The second-order valence-electron chi connectivity index (χ2n) is 0.825. The van der Waals surface area contributed by atoms with E-state index in [-0.39, 0.29) is 0 Å². The van der Waals surface area contributed by atoms with Gasteiger partial charge >= 0.3 is 25.7 Å². The van der Waals surface area contributed by atoms with Gasteiger partial charge < -0.3 is 0 Å². The van der Waals surface area contributed by atoms with Crippen molar-refractivity contribution in [2.24, 2.45) is 0 Å². The second-order valence-corrected chi connectivity index (χ2v) is 2.57. The first kappa shape index (κ1) is 10.4. The molecule has 0 heterocycles. The van der Waals surface area contributed by atoms with Crippen molar-refractivity contribution in [3.05, 3.63) is 0 Å². The molecule has 0 aromatic heterocycles. The molecule has 42 valence electrons. The molecule has 5 heteroatoms. The Kier molecular flexibility index (Phi) is 14.5. The molecule has 0 aliphatic rings. The van der Waals surface area contributed by atoms with Gasteiger partial charge in [-0.05, 0) is 0 Å². The molecule has 0 aromatic carbocycles. The van der Waals surface area contributed by atoms with Crippen LogP contribution in [0, 0.1) is 0 Å². The zero-order valence-corrected chi connectivity index (χ0v) is 6.51. The van der Waals surface area contributed by atoms with Crippen molar-refractivity contribution < 1.29 is 29.9 Å². The molecule has 0 amide bonds. The average Bonchev–Trinajstić information content (AvgIpc) is 1.33. The average molecular weight is 158 g/mol. The zero-order chi connectivity index (χ0) is 6.28. The van der Waals surface area contributed by atoms with E-state index < -0.39 is 29.9 Å². The van der Waals surface area contributed by atoms with E-state index in [1.807, 2.05) is 0 Å². The van der Waals surface area contributed by atoms with E-state index in [9.17, 15) is 4.21 Å². The maximum absolute atomic E-state index is 9.56. The van der Waals surface area contributed by atoms with Crippen LogP contribution in [0.1, 0.15) is 0 Å². The maximum atomic E-state index is 9.56. The predicted octanol–water partition coefficient (Wildman–Crippen LogP) is -0.245. The number of hydrogen-bond donors (Lipinski definition) is 0. The fourth-order valence-corrected chi connectivity index (χ4v) is 0. The molecule has 0 fully saturated rings. The molecule has 0 saturated carbocycles. The minimum atomic E-state index is -2.00. The first-order chi connectivity index (χ1) is 3.15. The molecule has 0 radical (unpaired) electrons. The normalized spacial score (nSPS) is 6.14. The van der Waals surface area contributed by atoms with Crippen molar-refractivity contribution in [1.29, 1.82) is 0 Å². The van der Waals surface area contributed by atoms with Gasteiger partial charge in [0.2, 0.25) is 0 Å². The topological polar surface area (TPSA) is 51.2 Å². The Morgan fingerprint density at radius 2 is 1.29 bits per heavy atom. The van der Waals surface area contributed by atoms with Crippen molar-refractivity contribution in [2.75, 3.05) is 12.5 Å². The molecule has 0 aliphatic carbocycles. The van der Waals surface area contributed by atoms with Crippen molar-refractivity contribution >= 4 is 10.8 Å². The SMILES string of the molecule is CS(C)=O.[O]=[Ti]=[O]. The molecule has 0 rings (SSSR count). The van der Waals surface area contributed by atoms with Crippen LogP contribution in [0.2, 0.25) is 0 Å². The Morgan fingerprint density at radius 1 is 1.29 bits per heavy atom. The summed E-state index contributed by atoms with van der Waals surface area (Å²) < 4.78 is 26.6. The van der Waals surface area contributed by atoms with E-state index in [2.05, 4.69) is 0 Å². The summed E-state index contributed by atoms with van der Waals surface area (Å²) >= 11 is -2.00. The molecule has 0 spiro atoms. The third-order valence-electron chi connectivity index (χ3n) is 0. The van der Waals surface area contributed by atoms with Crippen LogP contribution in [0.3, 0.4) is 0 Å². The van der Waals surface area contributed by atoms with Gasteiger partial charge in [-0.3, -0.25) is 4.21 Å². The third kappa shape index (κ3) is 598. The number of rotatable bonds is 0. The molecule has 0 bridgehead atoms. The molecule has 0 aliphatic heterocycles. The molecule has 0 unspecified atom stereocenters. The summed E-state index contributed by atoms with van der Waals surface area (Å²) in [6.07, 6.45) is 3.28. The summed E-state index contributed by atoms with van der Waals surface area (Å²) in [6.45, 7) is 0. The third-order valence-corrected chi connectivity index (χ3v) is 0. The van der Waals surface area contributed by atoms with Crippen LogP contribution in [0.4, 0.5) is 0 Å². The zero-order valence-electron chi connectivity index (χ0n) is 4.13. The van der Waals surface area contributed by atoms with Gasteiger partial charge in [-0.25, -0.2) is 0 Å². The van der Waals surface area contributed by atoms with Crippen molar-refractivity contribution in [3.8, 4) is 0 Å². The Morgan fingerprint density at radius 3 is 1.29 bits per heavy atom. The molecule has 3 nitrogen and oxygen atoms in total. The van der Waals surface area contributed by atoms with Gasteiger partial charge in [0.05, 0.1) is 0 Å². The predicted molar refractivity (Wildman–Crippen MR) is 21.4 cm³/mol.